The standard InChI is InChI=1S/C18H15FN4O4/c19-14-4-6-15(7-5-14)22-11-13(9-17(22)24)18(25)21-20-10-12-2-1-3-16(8-12)23(26)27/h1-8,10,13H,9,11H2,(H,21,25)/b20-10+. The molecule has 0 spiro atoms. The molecule has 1 aliphatic heterocycles. The van der Waals surface area contributed by atoms with Crippen LogP contribution in [0.25, 0.3) is 0 Å². The molecule has 2 aromatic rings. The topological polar surface area (TPSA) is 105 Å². The van der Waals surface area contributed by atoms with Gasteiger partial charge in [-0.2, -0.15) is 5.10 Å². The van der Waals surface area contributed by atoms with Crippen LogP contribution in [0.4, 0.5) is 15.8 Å². The number of benzene rings is 2. The van der Waals surface area contributed by atoms with E-state index >= 15 is 0 Å². The van der Waals surface area contributed by atoms with Crippen LogP contribution < -0.4 is 10.3 Å². The van der Waals surface area contributed by atoms with Crippen molar-refractivity contribution in [1.29, 1.82) is 0 Å². The normalized spacial score (nSPS) is 16.7. The first-order valence-corrected chi connectivity index (χ1v) is 8.07. The first kappa shape index (κ1) is 18.2. The molecule has 1 saturated heterocycles. The number of carbonyl (C=O) groups excluding carboxylic acids is 2. The highest BCUT2D eigenvalue weighted by atomic mass is 19.1. The third-order valence-corrected chi connectivity index (χ3v) is 4.10. The van der Waals surface area contributed by atoms with Crippen LogP contribution in [0.3, 0.4) is 0 Å². The summed E-state index contributed by atoms with van der Waals surface area (Å²) in [5.74, 6) is -1.67. The summed E-state index contributed by atoms with van der Waals surface area (Å²) >= 11 is 0. The molecule has 1 atom stereocenters. The number of rotatable bonds is 5. The molecule has 9 heteroatoms. The van der Waals surface area contributed by atoms with E-state index in [1.807, 2.05) is 0 Å². The van der Waals surface area contributed by atoms with Gasteiger partial charge in [-0.15, -0.1) is 0 Å². The molecular formula is C18H15FN4O4. The minimum absolute atomic E-state index is 0.0234. The molecular weight excluding hydrogens is 355 g/mol. The number of hydrazone groups is 1. The zero-order valence-corrected chi connectivity index (χ0v) is 14.0. The van der Waals surface area contributed by atoms with E-state index in [4.69, 9.17) is 0 Å². The third-order valence-electron chi connectivity index (χ3n) is 4.10. The summed E-state index contributed by atoms with van der Waals surface area (Å²) in [6.07, 6.45) is 1.31. The van der Waals surface area contributed by atoms with Crippen LogP contribution in [-0.2, 0) is 9.59 Å². The van der Waals surface area contributed by atoms with E-state index in [9.17, 15) is 24.1 Å². The van der Waals surface area contributed by atoms with Crippen molar-refractivity contribution in [3.05, 3.63) is 70.0 Å². The quantitative estimate of drug-likeness (QED) is 0.495. The maximum absolute atomic E-state index is 13.0. The van der Waals surface area contributed by atoms with Gasteiger partial charge in [0, 0.05) is 36.3 Å². The van der Waals surface area contributed by atoms with Crippen LogP contribution in [0.15, 0.2) is 53.6 Å². The van der Waals surface area contributed by atoms with Crippen molar-refractivity contribution in [2.24, 2.45) is 11.0 Å². The summed E-state index contributed by atoms with van der Waals surface area (Å²) in [6, 6.07) is 11.3. The number of nitro benzene ring substituents is 1. The highest BCUT2D eigenvalue weighted by molar-refractivity contribution is 6.00. The van der Waals surface area contributed by atoms with Gasteiger partial charge in [0.05, 0.1) is 17.1 Å². The van der Waals surface area contributed by atoms with Crippen LogP contribution in [0, 0.1) is 21.8 Å². The third kappa shape index (κ3) is 4.32. The van der Waals surface area contributed by atoms with Gasteiger partial charge in [-0.1, -0.05) is 12.1 Å². The molecule has 0 saturated carbocycles. The van der Waals surface area contributed by atoms with Gasteiger partial charge in [-0.05, 0) is 24.3 Å². The Kier molecular flexibility index (Phi) is 5.20. The molecule has 1 aliphatic rings. The average Bonchev–Trinajstić information content (AvgIpc) is 3.04. The SMILES string of the molecule is O=C(N/N=C/c1cccc([N+](=O)[O-])c1)C1CC(=O)N(c2ccc(F)cc2)C1. The maximum Gasteiger partial charge on any atom is 0.270 e. The number of hydrogen-bond donors (Lipinski definition) is 1. The molecule has 1 unspecified atom stereocenters. The molecule has 2 aromatic carbocycles. The van der Waals surface area contributed by atoms with Crippen LogP contribution >= 0.6 is 0 Å². The van der Waals surface area contributed by atoms with E-state index in [-0.39, 0.29) is 24.6 Å². The fourth-order valence-corrected chi connectivity index (χ4v) is 2.73. The lowest BCUT2D eigenvalue weighted by Crippen LogP contribution is -2.30. The summed E-state index contributed by atoms with van der Waals surface area (Å²) in [7, 11) is 0. The molecule has 1 heterocycles. The number of amides is 2. The lowest BCUT2D eigenvalue weighted by Gasteiger charge is -2.16. The van der Waals surface area contributed by atoms with Crippen molar-refractivity contribution in [1.82, 2.24) is 5.43 Å². The summed E-state index contributed by atoms with van der Waals surface area (Å²) in [6.45, 7) is 0.169. The largest absolute Gasteiger partial charge is 0.312 e. The second-order valence-corrected chi connectivity index (χ2v) is 5.97. The second-order valence-electron chi connectivity index (χ2n) is 5.97. The fraction of sp³-hybridized carbons (Fsp3) is 0.167. The van der Waals surface area contributed by atoms with Crippen LogP contribution in [0.5, 0.6) is 0 Å². The Bertz CT molecular complexity index is 914. The number of non-ortho nitro benzene ring substituents is 1. The predicted molar refractivity (Wildman–Crippen MR) is 95.7 cm³/mol. The number of halogens is 1. The van der Waals surface area contributed by atoms with Gasteiger partial charge in [0.15, 0.2) is 0 Å². The molecule has 3 rings (SSSR count). The van der Waals surface area contributed by atoms with E-state index in [2.05, 4.69) is 10.5 Å². The molecule has 1 N–H and O–H groups in total. The zero-order valence-electron chi connectivity index (χ0n) is 14.0. The number of carbonyl (C=O) groups is 2. The molecule has 8 nitrogen and oxygen atoms in total. The average molecular weight is 370 g/mol. The summed E-state index contributed by atoms with van der Waals surface area (Å²) in [5, 5.41) is 14.5. The number of hydrogen-bond acceptors (Lipinski definition) is 5. The monoisotopic (exact) mass is 370 g/mol. The molecule has 1 fully saturated rings. The highest BCUT2D eigenvalue weighted by Gasteiger charge is 2.35. The molecule has 0 aromatic heterocycles. The Morgan fingerprint density at radius 3 is 2.74 bits per heavy atom. The summed E-state index contributed by atoms with van der Waals surface area (Å²) in [4.78, 5) is 36.0. The molecule has 0 aliphatic carbocycles. The van der Waals surface area contributed by atoms with Crippen LogP contribution in [0.2, 0.25) is 0 Å². The van der Waals surface area contributed by atoms with Crippen molar-refractivity contribution < 1.29 is 18.9 Å². The van der Waals surface area contributed by atoms with E-state index in [1.54, 1.807) is 6.07 Å². The molecule has 0 radical (unpaired) electrons. The Labute approximate surface area is 153 Å². The van der Waals surface area contributed by atoms with Gasteiger partial charge < -0.3 is 4.90 Å². The van der Waals surface area contributed by atoms with Gasteiger partial charge in [-0.25, -0.2) is 9.82 Å². The van der Waals surface area contributed by atoms with Crippen LogP contribution in [0.1, 0.15) is 12.0 Å². The van der Waals surface area contributed by atoms with Gasteiger partial charge in [0.25, 0.3) is 5.69 Å². The van der Waals surface area contributed by atoms with Crippen molar-refractivity contribution in [2.45, 2.75) is 6.42 Å². The molecule has 2 amide bonds. The van der Waals surface area contributed by atoms with Crippen molar-refractivity contribution in [2.75, 3.05) is 11.4 Å². The Balaban J connectivity index is 1.60. The minimum Gasteiger partial charge on any atom is -0.312 e. The number of anilines is 1. The Hall–Kier alpha value is -3.62. The number of nitrogens with zero attached hydrogens (tertiary/aromatic N) is 3. The van der Waals surface area contributed by atoms with E-state index < -0.39 is 22.6 Å². The molecule has 27 heavy (non-hydrogen) atoms. The maximum atomic E-state index is 13.0. The smallest absolute Gasteiger partial charge is 0.270 e. The number of nitro groups is 1. The molecule has 0 bridgehead atoms. The number of nitrogens with one attached hydrogen (secondary N) is 1. The van der Waals surface area contributed by atoms with Crippen molar-refractivity contribution in [3.63, 3.8) is 0 Å². The van der Waals surface area contributed by atoms with Gasteiger partial charge in [0.2, 0.25) is 11.8 Å². The lowest BCUT2D eigenvalue weighted by molar-refractivity contribution is -0.384. The first-order valence-electron chi connectivity index (χ1n) is 8.07. The van der Waals surface area contributed by atoms with Crippen molar-refractivity contribution in [3.8, 4) is 0 Å². The van der Waals surface area contributed by atoms with Gasteiger partial charge in [-0.3, -0.25) is 19.7 Å². The Morgan fingerprint density at radius 1 is 1.30 bits per heavy atom. The minimum atomic E-state index is -0.593. The van der Waals surface area contributed by atoms with Crippen LogP contribution in [-0.4, -0.2) is 29.5 Å². The Morgan fingerprint density at radius 2 is 2.04 bits per heavy atom. The highest BCUT2D eigenvalue weighted by Crippen LogP contribution is 2.25. The zero-order chi connectivity index (χ0) is 19.4. The fourth-order valence-electron chi connectivity index (χ4n) is 2.73. The predicted octanol–water partition coefficient (Wildman–Crippen LogP) is 2.24. The summed E-state index contributed by atoms with van der Waals surface area (Å²) < 4.78 is 13.0. The molecule has 138 valence electrons. The van der Waals surface area contributed by atoms with Gasteiger partial charge in [0.1, 0.15) is 5.82 Å². The van der Waals surface area contributed by atoms with E-state index in [0.29, 0.717) is 11.3 Å². The first-order chi connectivity index (χ1) is 12.9. The van der Waals surface area contributed by atoms with Gasteiger partial charge >= 0.3 is 0 Å². The van der Waals surface area contributed by atoms with Crippen molar-refractivity contribution >= 4 is 29.4 Å². The lowest BCUT2D eigenvalue weighted by atomic mass is 10.1. The van der Waals surface area contributed by atoms with E-state index in [0.717, 1.165) is 0 Å². The van der Waals surface area contributed by atoms with E-state index in [1.165, 1.54) is 53.6 Å². The second kappa shape index (κ2) is 7.73. The summed E-state index contributed by atoms with van der Waals surface area (Å²) in [5.41, 5.74) is 3.25.